The third kappa shape index (κ3) is 4.11. The minimum absolute atomic E-state index is 0.152. The van der Waals surface area contributed by atoms with Gasteiger partial charge in [-0.3, -0.25) is 9.78 Å². The zero-order valence-corrected chi connectivity index (χ0v) is 20.8. The molecule has 3 aromatic heterocycles. The number of benzene rings is 1. The Bertz CT molecular complexity index is 1540. The molecule has 1 aromatic carbocycles. The second-order valence-corrected chi connectivity index (χ2v) is 10.4. The van der Waals surface area contributed by atoms with E-state index in [0.29, 0.717) is 43.0 Å². The van der Waals surface area contributed by atoms with Crippen LogP contribution in [0.3, 0.4) is 0 Å². The number of aryl methyl sites for hydroxylation is 1. The van der Waals surface area contributed by atoms with E-state index in [1.807, 2.05) is 25.1 Å². The Labute approximate surface area is 214 Å². The first-order valence-electron chi connectivity index (χ1n) is 12.9. The van der Waals surface area contributed by atoms with Crippen molar-refractivity contribution in [1.29, 1.82) is 0 Å². The molecule has 4 heterocycles. The summed E-state index contributed by atoms with van der Waals surface area (Å²) in [7, 11) is 0. The van der Waals surface area contributed by atoms with Gasteiger partial charge in [-0.05, 0) is 61.9 Å². The largest absolute Gasteiger partial charge is 0.383 e. The van der Waals surface area contributed by atoms with E-state index in [1.54, 1.807) is 17.3 Å². The molecule has 8 nitrogen and oxygen atoms in total. The van der Waals surface area contributed by atoms with Crippen LogP contribution >= 0.6 is 0 Å². The fraction of sp³-hybridized carbons (Fsp3) is 0.345. The van der Waals surface area contributed by atoms with Gasteiger partial charge in [-0.25, -0.2) is 15.0 Å². The Hall–Kier alpha value is -3.91. The molecule has 2 fully saturated rings. The molecular weight excluding hydrogens is 464 g/mol. The lowest BCUT2D eigenvalue weighted by atomic mass is 10.0. The molecule has 1 amide bonds. The summed E-state index contributed by atoms with van der Waals surface area (Å²) in [4.78, 5) is 34.1. The maximum Gasteiger partial charge on any atom is 0.261 e. The minimum Gasteiger partial charge on any atom is -0.383 e. The van der Waals surface area contributed by atoms with Gasteiger partial charge in [0.15, 0.2) is 0 Å². The summed E-state index contributed by atoms with van der Waals surface area (Å²) >= 11 is 0. The van der Waals surface area contributed by atoms with Gasteiger partial charge in [0.25, 0.3) is 5.91 Å². The van der Waals surface area contributed by atoms with Gasteiger partial charge in [-0.2, -0.15) is 0 Å². The number of ether oxygens (including phenoxy) is 1. The number of fused-ring (bicyclic) bond motifs is 3. The summed E-state index contributed by atoms with van der Waals surface area (Å²) in [5.74, 6) is 2.16. The van der Waals surface area contributed by atoms with Crippen molar-refractivity contribution in [2.24, 2.45) is 0 Å². The van der Waals surface area contributed by atoms with Crippen LogP contribution in [0.25, 0.3) is 10.9 Å². The van der Waals surface area contributed by atoms with E-state index in [0.717, 1.165) is 63.3 Å². The van der Waals surface area contributed by atoms with Gasteiger partial charge < -0.3 is 15.4 Å². The molecule has 2 saturated carbocycles. The second-order valence-electron chi connectivity index (χ2n) is 10.4. The van der Waals surface area contributed by atoms with Gasteiger partial charge in [0.1, 0.15) is 11.6 Å². The maximum absolute atomic E-state index is 13.9. The van der Waals surface area contributed by atoms with Crippen LogP contribution in [-0.2, 0) is 24.5 Å². The van der Waals surface area contributed by atoms with Gasteiger partial charge in [-0.1, -0.05) is 12.1 Å². The highest BCUT2D eigenvalue weighted by Crippen LogP contribution is 2.40. The highest BCUT2D eigenvalue weighted by Gasteiger charge is 2.29. The number of amides is 1. The van der Waals surface area contributed by atoms with E-state index < -0.39 is 0 Å². The first kappa shape index (κ1) is 22.3. The van der Waals surface area contributed by atoms with E-state index in [1.165, 1.54) is 12.8 Å². The van der Waals surface area contributed by atoms with E-state index in [2.05, 4.69) is 27.1 Å². The van der Waals surface area contributed by atoms with Crippen LogP contribution in [0.4, 0.5) is 11.5 Å². The maximum atomic E-state index is 13.9. The molecule has 7 rings (SSSR count). The van der Waals surface area contributed by atoms with Crippen LogP contribution in [-0.4, -0.2) is 25.8 Å². The summed E-state index contributed by atoms with van der Waals surface area (Å²) in [6.07, 6.45) is 7.91. The van der Waals surface area contributed by atoms with Crippen molar-refractivity contribution in [2.45, 2.75) is 64.2 Å². The molecule has 3 aliphatic rings. The van der Waals surface area contributed by atoms with Crippen molar-refractivity contribution < 1.29 is 9.53 Å². The number of carbonyl (C=O) groups is 1. The van der Waals surface area contributed by atoms with Crippen molar-refractivity contribution >= 4 is 28.3 Å². The van der Waals surface area contributed by atoms with Crippen molar-refractivity contribution in [3.05, 3.63) is 82.2 Å². The molecule has 1 aliphatic heterocycles. The summed E-state index contributed by atoms with van der Waals surface area (Å²) in [6.45, 7) is 3.37. The lowest BCUT2D eigenvalue weighted by Crippen LogP contribution is -2.31. The zero-order valence-electron chi connectivity index (χ0n) is 20.8. The number of nitrogen functional groups attached to an aromatic ring is 1. The third-order valence-electron chi connectivity index (χ3n) is 7.61. The molecule has 0 atom stereocenters. The van der Waals surface area contributed by atoms with Gasteiger partial charge in [-0.15, -0.1) is 0 Å². The van der Waals surface area contributed by atoms with E-state index in [-0.39, 0.29) is 5.91 Å². The van der Waals surface area contributed by atoms with Crippen LogP contribution in [0.2, 0.25) is 0 Å². The fourth-order valence-corrected chi connectivity index (χ4v) is 5.19. The quantitative estimate of drug-likeness (QED) is 0.406. The summed E-state index contributed by atoms with van der Waals surface area (Å²) in [5.41, 5.74) is 13.3. The summed E-state index contributed by atoms with van der Waals surface area (Å²) in [5, 5.41) is 1.04. The Kier molecular flexibility index (Phi) is 5.18. The molecule has 186 valence electrons. The molecule has 0 spiro atoms. The van der Waals surface area contributed by atoms with Crippen molar-refractivity contribution in [3.8, 4) is 0 Å². The van der Waals surface area contributed by atoms with E-state index in [9.17, 15) is 4.79 Å². The molecule has 37 heavy (non-hydrogen) atoms. The molecule has 4 aromatic rings. The van der Waals surface area contributed by atoms with E-state index >= 15 is 0 Å². The molecular formula is C29H28N6O2. The average Bonchev–Trinajstić information content (AvgIpc) is 3.85. The zero-order chi connectivity index (χ0) is 25.1. The first-order valence-corrected chi connectivity index (χ1v) is 12.9. The normalized spacial score (nSPS) is 16.7. The highest BCUT2D eigenvalue weighted by atomic mass is 16.5. The Balaban J connectivity index is 1.26. The number of aromatic nitrogens is 4. The molecule has 2 N–H and O–H groups in total. The SMILES string of the molecule is Cc1nc(C2CC2)ccc1N(Cc1ccc2c3c(c(N)nc2c1)COC3)C(=O)c1cnc(C2CC2)nc1. The number of hydrogen-bond acceptors (Lipinski definition) is 7. The monoisotopic (exact) mass is 492 g/mol. The minimum atomic E-state index is -0.152. The van der Waals surface area contributed by atoms with E-state index in [4.69, 9.17) is 15.5 Å². The van der Waals surface area contributed by atoms with Gasteiger partial charge in [0, 0.05) is 40.9 Å². The number of pyridine rings is 2. The molecule has 0 bridgehead atoms. The van der Waals surface area contributed by atoms with Gasteiger partial charge in [0.05, 0.1) is 42.2 Å². The highest BCUT2D eigenvalue weighted by molar-refractivity contribution is 6.06. The Morgan fingerprint density at radius 1 is 1.00 bits per heavy atom. The lowest BCUT2D eigenvalue weighted by molar-refractivity contribution is 0.0984. The predicted molar refractivity (Wildman–Crippen MR) is 140 cm³/mol. The number of rotatable bonds is 6. The number of carbonyl (C=O) groups excluding carboxylic acids is 1. The summed E-state index contributed by atoms with van der Waals surface area (Å²) < 4.78 is 5.62. The fourth-order valence-electron chi connectivity index (χ4n) is 5.19. The summed E-state index contributed by atoms with van der Waals surface area (Å²) in [6, 6.07) is 10.2. The van der Waals surface area contributed by atoms with Crippen molar-refractivity contribution in [1.82, 2.24) is 19.9 Å². The number of nitrogens with zero attached hydrogens (tertiary/aromatic N) is 5. The van der Waals surface area contributed by atoms with Gasteiger partial charge >= 0.3 is 0 Å². The Morgan fingerprint density at radius 2 is 1.76 bits per heavy atom. The van der Waals surface area contributed by atoms with Crippen LogP contribution in [0.5, 0.6) is 0 Å². The number of anilines is 2. The van der Waals surface area contributed by atoms with Crippen molar-refractivity contribution in [2.75, 3.05) is 10.6 Å². The first-order chi connectivity index (χ1) is 18.0. The van der Waals surface area contributed by atoms with Crippen LogP contribution in [0.1, 0.15) is 81.8 Å². The van der Waals surface area contributed by atoms with Crippen LogP contribution in [0, 0.1) is 6.92 Å². The average molecular weight is 493 g/mol. The molecule has 2 aliphatic carbocycles. The number of nitrogens with two attached hydrogens (primary N) is 1. The van der Waals surface area contributed by atoms with Crippen LogP contribution < -0.4 is 10.6 Å². The third-order valence-corrected chi connectivity index (χ3v) is 7.61. The molecule has 8 heteroatoms. The molecule has 0 unspecified atom stereocenters. The topological polar surface area (TPSA) is 107 Å². The molecule has 0 saturated heterocycles. The molecule has 0 radical (unpaired) electrons. The second kappa shape index (κ2) is 8.59. The predicted octanol–water partition coefficient (Wildman–Crippen LogP) is 4.94. The Morgan fingerprint density at radius 3 is 2.49 bits per heavy atom. The van der Waals surface area contributed by atoms with Crippen molar-refractivity contribution in [3.63, 3.8) is 0 Å². The number of hydrogen-bond donors (Lipinski definition) is 1. The van der Waals surface area contributed by atoms with Crippen LogP contribution in [0.15, 0.2) is 42.7 Å². The smallest absolute Gasteiger partial charge is 0.261 e. The lowest BCUT2D eigenvalue weighted by Gasteiger charge is -2.25. The van der Waals surface area contributed by atoms with Gasteiger partial charge in [0.2, 0.25) is 0 Å². The standard InChI is InChI=1S/C29H28N6O2/c1-16-26(9-8-24(33-16)18-3-4-18)35(29(36)20-11-31-28(32-12-20)19-5-6-19)13-17-2-7-21-22-14-37-15-23(22)27(30)34-25(21)10-17/h2,7-12,18-19H,3-6,13-15H2,1H3,(H2,30,34).